The minimum atomic E-state index is -2.79. The molecule has 7 rings (SSSR count). The van der Waals surface area contributed by atoms with Crippen LogP contribution in [0.4, 0.5) is 0 Å². The van der Waals surface area contributed by atoms with Gasteiger partial charge in [-0.05, 0) is 49.7 Å². The Morgan fingerprint density at radius 3 is 1.00 bits per heavy atom. The fraction of sp³-hybridized carbons (Fsp3) is 0.0625. The number of rotatable bonds is 3. The maximum Gasteiger partial charge on any atom is 2.00 e. The Hall–Kier alpha value is -1.93. The van der Waals surface area contributed by atoms with Crippen molar-refractivity contribution in [1.29, 1.82) is 0 Å². The molecule has 0 saturated carbocycles. The Kier molecular flexibility index (Phi) is 8.39. The Morgan fingerprint density at radius 1 is 0.405 bits per heavy atom. The summed E-state index contributed by atoms with van der Waals surface area (Å²) < 4.78 is 0. The Bertz CT molecular complexity index is 1370. The van der Waals surface area contributed by atoms with E-state index in [4.69, 9.17) is 11.1 Å². The van der Waals surface area contributed by atoms with Gasteiger partial charge in [0.25, 0.3) is 0 Å². The first kappa shape index (κ1) is 28.1. The third-order valence-electron chi connectivity index (χ3n) is 7.72. The van der Waals surface area contributed by atoms with Crippen molar-refractivity contribution >= 4 is 23.6 Å². The van der Waals surface area contributed by atoms with Crippen molar-refractivity contribution in [2.45, 2.75) is 11.1 Å². The standard InChI is InChI=1S/C32H23ClSi.2ClH.Zr/c33-34(22-12-2-1-3-13-22,31-27-18-8-4-14-23(27)24-15-5-9-19-28(24)31)32-29-20-10-6-16-25(29)26-17-7-11-21-30(26)32;;;/h1-21,31-32H;2*1H;/q;;;+2/p-2. The van der Waals surface area contributed by atoms with Gasteiger partial charge in [0.1, 0.15) is 0 Å². The van der Waals surface area contributed by atoms with Crippen molar-refractivity contribution in [3.63, 3.8) is 0 Å². The van der Waals surface area contributed by atoms with E-state index in [1.54, 1.807) is 0 Å². The summed E-state index contributed by atoms with van der Waals surface area (Å²) >= 11 is 8.33. The predicted molar refractivity (Wildman–Crippen MR) is 145 cm³/mol. The third kappa shape index (κ3) is 4.13. The van der Waals surface area contributed by atoms with Crippen molar-refractivity contribution in [2.24, 2.45) is 0 Å². The summed E-state index contributed by atoms with van der Waals surface area (Å²) in [6, 6.07) is 46.5. The summed E-state index contributed by atoms with van der Waals surface area (Å²) in [5, 5.41) is 1.30. The van der Waals surface area contributed by atoms with E-state index in [9.17, 15) is 0 Å². The Balaban J connectivity index is 0.00000107. The first-order valence-corrected chi connectivity index (χ1v) is 15.1. The molecule has 0 bridgehead atoms. The zero-order valence-electron chi connectivity index (χ0n) is 19.9. The van der Waals surface area contributed by atoms with Crippen LogP contribution in [0.1, 0.15) is 33.3 Å². The van der Waals surface area contributed by atoms with Gasteiger partial charge in [-0.15, -0.1) is 0 Å². The van der Waals surface area contributed by atoms with E-state index in [0.717, 1.165) is 0 Å². The quantitative estimate of drug-likeness (QED) is 0.210. The smallest absolute Gasteiger partial charge is 1.00 e. The molecule has 0 fully saturated rings. The largest absolute Gasteiger partial charge is 2.00 e. The fourth-order valence-corrected chi connectivity index (χ4v) is 12.7. The van der Waals surface area contributed by atoms with E-state index < -0.39 is 7.38 Å². The molecular formula is C32H23Cl3SiZr. The molecule has 0 aromatic heterocycles. The van der Waals surface area contributed by atoms with E-state index >= 15 is 0 Å². The monoisotopic (exact) mass is 630 g/mol. The summed E-state index contributed by atoms with van der Waals surface area (Å²) in [6.45, 7) is 0. The average Bonchev–Trinajstić information content (AvgIpc) is 3.43. The van der Waals surface area contributed by atoms with Crippen LogP contribution in [-0.2, 0) is 26.2 Å². The van der Waals surface area contributed by atoms with Crippen LogP contribution in [0.25, 0.3) is 22.3 Å². The normalized spacial score (nSPS) is 13.2. The van der Waals surface area contributed by atoms with Crippen LogP contribution >= 0.6 is 11.1 Å². The third-order valence-corrected chi connectivity index (χ3v) is 13.8. The summed E-state index contributed by atoms with van der Waals surface area (Å²) in [7, 11) is -2.79. The molecule has 0 amide bonds. The number of benzene rings is 5. The second kappa shape index (κ2) is 11.0. The first-order valence-electron chi connectivity index (χ1n) is 11.9. The van der Waals surface area contributed by atoms with Crippen LogP contribution in [0.5, 0.6) is 0 Å². The van der Waals surface area contributed by atoms with Gasteiger partial charge in [-0.2, -0.15) is 11.1 Å². The minimum Gasteiger partial charge on any atom is -1.00 e. The summed E-state index contributed by atoms with van der Waals surface area (Å²) in [5.74, 6) is 0. The molecule has 0 heterocycles. The van der Waals surface area contributed by atoms with Gasteiger partial charge >= 0.3 is 26.2 Å². The van der Waals surface area contributed by atoms with Crippen molar-refractivity contribution < 1.29 is 51.0 Å². The van der Waals surface area contributed by atoms with Crippen LogP contribution in [0.2, 0.25) is 0 Å². The first-order chi connectivity index (χ1) is 16.8. The number of hydrogen-bond donors (Lipinski definition) is 0. The van der Waals surface area contributed by atoms with Crippen molar-refractivity contribution in [3.8, 4) is 22.3 Å². The van der Waals surface area contributed by atoms with E-state index in [1.807, 2.05) is 0 Å². The van der Waals surface area contributed by atoms with Gasteiger partial charge in [-0.25, -0.2) is 0 Å². The number of halogens is 3. The van der Waals surface area contributed by atoms with Gasteiger partial charge in [0.05, 0.1) is 0 Å². The van der Waals surface area contributed by atoms with Crippen molar-refractivity contribution in [1.82, 2.24) is 0 Å². The molecule has 0 saturated heterocycles. The number of fused-ring (bicyclic) bond motifs is 6. The fourth-order valence-electron chi connectivity index (χ4n) is 6.41. The molecule has 5 aromatic rings. The number of hydrogen-bond acceptors (Lipinski definition) is 0. The molecule has 180 valence electrons. The summed E-state index contributed by atoms with van der Waals surface area (Å²) in [6.07, 6.45) is 0. The van der Waals surface area contributed by atoms with E-state index in [1.165, 1.54) is 49.7 Å². The molecule has 0 atom stereocenters. The van der Waals surface area contributed by atoms with Crippen molar-refractivity contribution in [2.75, 3.05) is 0 Å². The van der Waals surface area contributed by atoms with E-state index in [2.05, 4.69) is 127 Å². The molecule has 0 radical (unpaired) electrons. The molecule has 0 aliphatic heterocycles. The molecule has 0 N–H and O–H groups in total. The predicted octanol–water partition coefficient (Wildman–Crippen LogP) is 1.79. The van der Waals surface area contributed by atoms with Gasteiger partial charge in [-0.1, -0.05) is 127 Å². The average molecular weight is 633 g/mol. The molecule has 5 heteroatoms. The molecule has 0 spiro atoms. The zero-order valence-corrected chi connectivity index (χ0v) is 25.6. The maximum atomic E-state index is 8.33. The molecule has 0 unspecified atom stereocenters. The van der Waals surface area contributed by atoms with Crippen LogP contribution in [0.15, 0.2) is 127 Å². The molecule has 0 nitrogen and oxygen atoms in total. The Morgan fingerprint density at radius 2 is 0.676 bits per heavy atom. The van der Waals surface area contributed by atoms with E-state index in [0.29, 0.717) is 0 Å². The molecule has 5 aromatic carbocycles. The van der Waals surface area contributed by atoms with Gasteiger partial charge in [0.2, 0.25) is 7.38 Å². The minimum absolute atomic E-state index is 0. The van der Waals surface area contributed by atoms with E-state index in [-0.39, 0.29) is 62.1 Å². The summed E-state index contributed by atoms with van der Waals surface area (Å²) in [5.41, 5.74) is 11.1. The van der Waals surface area contributed by atoms with Crippen LogP contribution in [-0.4, -0.2) is 7.38 Å². The van der Waals surface area contributed by atoms with Gasteiger partial charge < -0.3 is 24.8 Å². The molecule has 2 aliphatic rings. The van der Waals surface area contributed by atoms with Crippen molar-refractivity contribution in [3.05, 3.63) is 150 Å². The SMILES string of the molecule is Cl[Si](c1ccccc1)(C1c2ccccc2-c2ccccc21)C1c2ccccc2-c2ccccc21.[Cl-].[Cl-].[Zr+2]. The molecule has 37 heavy (non-hydrogen) atoms. The van der Waals surface area contributed by atoms with Gasteiger partial charge in [-0.3, -0.25) is 0 Å². The topological polar surface area (TPSA) is 0 Å². The Labute approximate surface area is 255 Å². The second-order valence-electron chi connectivity index (χ2n) is 9.35. The van der Waals surface area contributed by atoms with Gasteiger partial charge in [0.15, 0.2) is 0 Å². The summed E-state index contributed by atoms with van der Waals surface area (Å²) in [4.78, 5) is 0. The van der Waals surface area contributed by atoms with Crippen LogP contribution in [0.3, 0.4) is 0 Å². The van der Waals surface area contributed by atoms with Crippen LogP contribution < -0.4 is 30.0 Å². The zero-order chi connectivity index (χ0) is 22.7. The maximum absolute atomic E-state index is 8.33. The van der Waals surface area contributed by atoms with Gasteiger partial charge in [0, 0.05) is 11.1 Å². The second-order valence-corrected chi connectivity index (χ2v) is 14.5. The molecular weight excluding hydrogens is 610 g/mol. The molecule has 2 aliphatic carbocycles. The van der Waals surface area contributed by atoms with Crippen LogP contribution in [0, 0.1) is 0 Å².